The zero-order chi connectivity index (χ0) is 22.0. The molecule has 2 aliphatic rings. The molecule has 2 fully saturated rings. The molecule has 2 saturated heterocycles. The van der Waals surface area contributed by atoms with Crippen LogP contribution in [0, 0.1) is 0 Å². The summed E-state index contributed by atoms with van der Waals surface area (Å²) in [5, 5.41) is 3.20. The smallest absolute Gasteiger partial charge is 0.255 e. The number of fused-ring (bicyclic) bond motifs is 2. The second kappa shape index (κ2) is 9.10. The van der Waals surface area contributed by atoms with E-state index in [1.165, 1.54) is 39.5 Å². The lowest BCUT2D eigenvalue weighted by Gasteiger charge is -2.39. The molecule has 0 saturated carbocycles. The fourth-order valence-corrected chi connectivity index (χ4v) is 5.04. The van der Waals surface area contributed by atoms with Crippen LogP contribution in [0.25, 0.3) is 0 Å². The number of Topliss-reactive ketones (excluding diaryl/α,β-unsaturated/α-hetero) is 1. The van der Waals surface area contributed by atoms with Gasteiger partial charge in [-0.15, -0.1) is 0 Å². The van der Waals surface area contributed by atoms with Crippen molar-refractivity contribution in [2.24, 2.45) is 0 Å². The van der Waals surface area contributed by atoms with E-state index in [4.69, 9.17) is 9.47 Å². The fraction of sp³-hybridized carbons (Fsp3) is 0.440. The van der Waals surface area contributed by atoms with E-state index >= 15 is 0 Å². The van der Waals surface area contributed by atoms with Crippen molar-refractivity contribution in [1.29, 1.82) is 0 Å². The topological polar surface area (TPSA) is 67.9 Å². The molecule has 2 atom stereocenters. The van der Waals surface area contributed by atoms with Crippen molar-refractivity contribution in [1.82, 2.24) is 10.2 Å². The Bertz CT molecular complexity index is 945. The Labute approximate surface area is 183 Å². The Morgan fingerprint density at radius 3 is 2.29 bits per heavy atom. The van der Waals surface area contributed by atoms with Crippen LogP contribution in [0.5, 0.6) is 11.5 Å². The van der Waals surface area contributed by atoms with Gasteiger partial charge in [-0.1, -0.05) is 30.3 Å². The molecule has 2 bridgehead atoms. The van der Waals surface area contributed by atoms with Crippen molar-refractivity contribution in [2.75, 3.05) is 14.2 Å². The van der Waals surface area contributed by atoms with E-state index in [2.05, 4.69) is 34.5 Å². The zero-order valence-electron chi connectivity index (χ0n) is 18.4. The standard InChI is InChI=1S/C25H30N2O4/c1-16(28)18-11-22(24(31-3)23(12-18)30-2)25(29)26-19-13-20-9-10-21(14-19)27(20)15-17-7-5-4-6-8-17/h4-8,11-12,19-21H,9-10,13-15H2,1-3H3,(H,26,29). The van der Waals surface area contributed by atoms with Crippen molar-refractivity contribution in [2.45, 2.75) is 57.3 Å². The van der Waals surface area contributed by atoms with Gasteiger partial charge in [-0.3, -0.25) is 14.5 Å². The summed E-state index contributed by atoms with van der Waals surface area (Å²) < 4.78 is 10.8. The van der Waals surface area contributed by atoms with E-state index in [-0.39, 0.29) is 17.7 Å². The van der Waals surface area contributed by atoms with Gasteiger partial charge in [0, 0.05) is 30.2 Å². The lowest BCUT2D eigenvalue weighted by atomic mass is 9.96. The van der Waals surface area contributed by atoms with Gasteiger partial charge in [0.1, 0.15) is 0 Å². The first-order chi connectivity index (χ1) is 15.0. The molecular formula is C25H30N2O4. The van der Waals surface area contributed by atoms with E-state index < -0.39 is 0 Å². The van der Waals surface area contributed by atoms with E-state index in [0.717, 1.165) is 19.4 Å². The summed E-state index contributed by atoms with van der Waals surface area (Å²) in [6.45, 7) is 2.44. The van der Waals surface area contributed by atoms with Gasteiger partial charge in [0.15, 0.2) is 17.3 Å². The molecule has 0 aromatic heterocycles. The minimum Gasteiger partial charge on any atom is -0.493 e. The summed E-state index contributed by atoms with van der Waals surface area (Å²) in [6.07, 6.45) is 4.20. The van der Waals surface area contributed by atoms with Gasteiger partial charge in [0.2, 0.25) is 0 Å². The minimum atomic E-state index is -0.223. The Kier molecular flexibility index (Phi) is 6.28. The van der Waals surface area contributed by atoms with Crippen LogP contribution in [-0.2, 0) is 6.54 Å². The lowest BCUT2D eigenvalue weighted by molar-refractivity contribution is 0.0825. The second-order valence-electron chi connectivity index (χ2n) is 8.50. The molecule has 2 heterocycles. The van der Waals surface area contributed by atoms with E-state index in [1.54, 1.807) is 12.1 Å². The van der Waals surface area contributed by atoms with Crippen molar-refractivity contribution in [3.05, 3.63) is 59.2 Å². The Balaban J connectivity index is 1.48. The Morgan fingerprint density at radius 1 is 1.03 bits per heavy atom. The summed E-state index contributed by atoms with van der Waals surface area (Å²) in [5.41, 5.74) is 2.10. The number of carbonyl (C=O) groups excluding carboxylic acids is 2. The Hall–Kier alpha value is -2.86. The van der Waals surface area contributed by atoms with Crippen molar-refractivity contribution < 1.29 is 19.1 Å². The van der Waals surface area contributed by atoms with E-state index in [9.17, 15) is 9.59 Å². The van der Waals surface area contributed by atoms with Gasteiger partial charge in [-0.25, -0.2) is 0 Å². The summed E-state index contributed by atoms with van der Waals surface area (Å²) >= 11 is 0. The SMILES string of the molecule is COc1cc(C(C)=O)cc(C(=O)NC2CC3CCC(C2)N3Cc2ccccc2)c1OC. The predicted molar refractivity (Wildman–Crippen MR) is 119 cm³/mol. The highest BCUT2D eigenvalue weighted by molar-refractivity contribution is 6.02. The number of nitrogens with zero attached hydrogens (tertiary/aromatic N) is 1. The minimum absolute atomic E-state index is 0.105. The van der Waals surface area contributed by atoms with E-state index in [0.29, 0.717) is 34.7 Å². The van der Waals surface area contributed by atoms with Gasteiger partial charge in [0.25, 0.3) is 5.91 Å². The third-order valence-electron chi connectivity index (χ3n) is 6.56. The number of methoxy groups -OCH3 is 2. The molecular weight excluding hydrogens is 392 g/mol. The third-order valence-corrected chi connectivity index (χ3v) is 6.56. The number of nitrogens with one attached hydrogen (secondary N) is 1. The molecule has 164 valence electrons. The maximum atomic E-state index is 13.2. The van der Waals surface area contributed by atoms with Crippen LogP contribution in [0.3, 0.4) is 0 Å². The molecule has 1 amide bonds. The maximum absolute atomic E-state index is 13.2. The summed E-state index contributed by atoms with van der Waals surface area (Å²) in [5.74, 6) is 0.397. The van der Waals surface area contributed by atoms with Gasteiger partial charge in [-0.05, 0) is 50.3 Å². The highest BCUT2D eigenvalue weighted by Gasteiger charge is 2.41. The molecule has 6 nitrogen and oxygen atoms in total. The number of ketones is 1. The molecule has 1 N–H and O–H groups in total. The van der Waals surface area contributed by atoms with Gasteiger partial charge < -0.3 is 14.8 Å². The van der Waals surface area contributed by atoms with Gasteiger partial charge in [-0.2, -0.15) is 0 Å². The molecule has 0 radical (unpaired) electrons. The second-order valence-corrected chi connectivity index (χ2v) is 8.50. The number of rotatable bonds is 7. The highest BCUT2D eigenvalue weighted by atomic mass is 16.5. The first-order valence-corrected chi connectivity index (χ1v) is 10.9. The lowest BCUT2D eigenvalue weighted by Crippen LogP contribution is -2.50. The largest absolute Gasteiger partial charge is 0.493 e. The fourth-order valence-electron chi connectivity index (χ4n) is 5.04. The number of benzene rings is 2. The summed E-state index contributed by atoms with van der Waals surface area (Å²) in [4.78, 5) is 27.7. The zero-order valence-corrected chi connectivity index (χ0v) is 18.4. The monoisotopic (exact) mass is 422 g/mol. The number of piperidine rings is 1. The predicted octanol–water partition coefficient (Wildman–Crippen LogP) is 3.83. The van der Waals surface area contributed by atoms with Crippen LogP contribution < -0.4 is 14.8 Å². The molecule has 6 heteroatoms. The van der Waals surface area contributed by atoms with Crippen LogP contribution in [0.1, 0.15) is 58.9 Å². The number of ether oxygens (including phenoxy) is 2. The van der Waals surface area contributed by atoms with Crippen LogP contribution in [-0.4, -0.2) is 48.9 Å². The van der Waals surface area contributed by atoms with Crippen LogP contribution in [0.4, 0.5) is 0 Å². The third kappa shape index (κ3) is 4.44. The van der Waals surface area contributed by atoms with Crippen molar-refractivity contribution in [3.63, 3.8) is 0 Å². The Morgan fingerprint density at radius 2 is 1.71 bits per heavy atom. The van der Waals surface area contributed by atoms with Crippen molar-refractivity contribution >= 4 is 11.7 Å². The van der Waals surface area contributed by atoms with E-state index in [1.807, 2.05) is 6.07 Å². The van der Waals surface area contributed by atoms with Crippen LogP contribution in [0.15, 0.2) is 42.5 Å². The van der Waals surface area contributed by atoms with Crippen LogP contribution in [0.2, 0.25) is 0 Å². The highest BCUT2D eigenvalue weighted by Crippen LogP contribution is 2.38. The van der Waals surface area contributed by atoms with Gasteiger partial charge >= 0.3 is 0 Å². The number of hydrogen-bond donors (Lipinski definition) is 1. The molecule has 2 aromatic carbocycles. The summed E-state index contributed by atoms with van der Waals surface area (Å²) in [7, 11) is 3.01. The first-order valence-electron chi connectivity index (χ1n) is 10.9. The van der Waals surface area contributed by atoms with Gasteiger partial charge in [0.05, 0.1) is 19.8 Å². The molecule has 0 spiro atoms. The number of carbonyl (C=O) groups is 2. The average molecular weight is 423 g/mol. The first kappa shape index (κ1) is 21.4. The number of hydrogen-bond acceptors (Lipinski definition) is 5. The maximum Gasteiger partial charge on any atom is 0.255 e. The molecule has 4 rings (SSSR count). The number of amides is 1. The molecule has 2 aliphatic heterocycles. The molecule has 2 unspecified atom stereocenters. The average Bonchev–Trinajstić information content (AvgIpc) is 3.00. The molecule has 31 heavy (non-hydrogen) atoms. The molecule has 2 aromatic rings. The normalized spacial score (nSPS) is 22.7. The molecule has 0 aliphatic carbocycles. The van der Waals surface area contributed by atoms with Crippen molar-refractivity contribution in [3.8, 4) is 11.5 Å². The quantitative estimate of drug-likeness (QED) is 0.687. The van der Waals surface area contributed by atoms with Crippen LogP contribution >= 0.6 is 0 Å². The summed E-state index contributed by atoms with van der Waals surface area (Å²) in [6, 6.07) is 14.8.